The first-order chi connectivity index (χ1) is 14.8. The number of nitrogens with one attached hydrogen (secondary N) is 2. The molecular formula is C22H24ClN3O5. The fraction of sp³-hybridized carbons (Fsp3) is 0.318. The third-order valence-corrected chi connectivity index (χ3v) is 5.45. The molecule has 1 atom stereocenters. The van der Waals surface area contributed by atoms with Crippen LogP contribution >= 0.6 is 11.6 Å². The van der Waals surface area contributed by atoms with E-state index in [2.05, 4.69) is 10.6 Å². The molecule has 0 radical (unpaired) electrons. The molecule has 1 aliphatic heterocycles. The van der Waals surface area contributed by atoms with Gasteiger partial charge in [0.25, 0.3) is 5.91 Å². The second kappa shape index (κ2) is 9.26. The normalized spacial score (nSPS) is 18.0. The number of imide groups is 1. The summed E-state index contributed by atoms with van der Waals surface area (Å²) in [5, 5.41) is 5.68. The summed E-state index contributed by atoms with van der Waals surface area (Å²) in [6, 6.07) is 11.7. The third-order valence-electron chi connectivity index (χ3n) is 5.16. The van der Waals surface area contributed by atoms with E-state index in [9.17, 15) is 14.4 Å². The molecule has 2 aromatic rings. The van der Waals surface area contributed by atoms with Gasteiger partial charge in [0, 0.05) is 5.69 Å². The summed E-state index contributed by atoms with van der Waals surface area (Å²) >= 11 is 6.06. The molecular weight excluding hydrogens is 422 g/mol. The zero-order valence-corrected chi connectivity index (χ0v) is 18.3. The van der Waals surface area contributed by atoms with Crippen molar-refractivity contribution < 1.29 is 23.9 Å². The highest BCUT2D eigenvalue weighted by Crippen LogP contribution is 2.28. The number of benzene rings is 2. The van der Waals surface area contributed by atoms with E-state index in [1.54, 1.807) is 26.2 Å². The molecule has 3 rings (SSSR count). The number of hydrogen-bond donors (Lipinski definition) is 2. The second-order valence-electron chi connectivity index (χ2n) is 7.40. The number of nitrogens with zero attached hydrogens (tertiary/aromatic N) is 1. The van der Waals surface area contributed by atoms with Crippen molar-refractivity contribution >= 4 is 35.1 Å². The van der Waals surface area contributed by atoms with Gasteiger partial charge < -0.3 is 20.1 Å². The summed E-state index contributed by atoms with van der Waals surface area (Å²) in [5.74, 6) is 0.273. The molecule has 0 saturated carbocycles. The molecule has 164 valence electrons. The van der Waals surface area contributed by atoms with E-state index < -0.39 is 29.9 Å². The first-order valence-electron chi connectivity index (χ1n) is 9.66. The lowest BCUT2D eigenvalue weighted by Crippen LogP contribution is -2.45. The molecule has 9 heteroatoms. The molecule has 1 heterocycles. The minimum absolute atomic E-state index is 0.335. The van der Waals surface area contributed by atoms with Crippen molar-refractivity contribution in [1.82, 2.24) is 10.2 Å². The zero-order valence-electron chi connectivity index (χ0n) is 17.5. The van der Waals surface area contributed by atoms with Crippen molar-refractivity contribution in [2.75, 3.05) is 26.1 Å². The average molecular weight is 446 g/mol. The number of methoxy groups -OCH3 is 2. The molecule has 0 aliphatic carbocycles. The smallest absolute Gasteiger partial charge is 0.325 e. The lowest BCUT2D eigenvalue weighted by molar-refractivity contribution is -0.133. The number of carbonyl (C=O) groups is 3. The van der Waals surface area contributed by atoms with E-state index in [1.165, 1.54) is 13.2 Å². The maximum atomic E-state index is 12.9. The number of anilines is 1. The Morgan fingerprint density at radius 1 is 1.13 bits per heavy atom. The Kier molecular flexibility index (Phi) is 6.70. The van der Waals surface area contributed by atoms with Gasteiger partial charge in [-0.15, -0.1) is 0 Å². The summed E-state index contributed by atoms with van der Waals surface area (Å²) in [4.78, 5) is 38.6. The molecule has 4 amide bonds. The molecule has 0 aromatic heterocycles. The van der Waals surface area contributed by atoms with Crippen LogP contribution in [0.5, 0.6) is 11.5 Å². The number of hydrogen-bond acceptors (Lipinski definition) is 5. The van der Waals surface area contributed by atoms with Crippen LogP contribution in [0.2, 0.25) is 5.02 Å². The predicted octanol–water partition coefficient (Wildman–Crippen LogP) is 3.24. The van der Waals surface area contributed by atoms with E-state index >= 15 is 0 Å². The first kappa shape index (κ1) is 22.4. The Bertz CT molecular complexity index is 995. The van der Waals surface area contributed by atoms with Gasteiger partial charge in [0.15, 0.2) is 0 Å². The minimum atomic E-state index is -1.08. The van der Waals surface area contributed by atoms with Crippen LogP contribution in [0.4, 0.5) is 10.5 Å². The van der Waals surface area contributed by atoms with Crippen molar-refractivity contribution in [1.29, 1.82) is 0 Å². The first-order valence-corrected chi connectivity index (χ1v) is 10.0. The van der Waals surface area contributed by atoms with Crippen LogP contribution in [0.3, 0.4) is 0 Å². The maximum Gasteiger partial charge on any atom is 0.325 e. The van der Waals surface area contributed by atoms with Gasteiger partial charge in [-0.25, -0.2) is 4.79 Å². The van der Waals surface area contributed by atoms with Gasteiger partial charge >= 0.3 is 6.03 Å². The minimum Gasteiger partial charge on any atom is -0.497 e. The van der Waals surface area contributed by atoms with Crippen LogP contribution in [0, 0.1) is 0 Å². The van der Waals surface area contributed by atoms with Crippen molar-refractivity contribution in [2.24, 2.45) is 0 Å². The van der Waals surface area contributed by atoms with Crippen molar-refractivity contribution in [3.05, 3.63) is 53.1 Å². The standard InChI is InChI=1S/C22H24ClN3O5/c1-22(11-10-14-4-7-16(30-2)8-5-14)20(28)26(21(29)25-22)13-19(27)24-15-6-9-18(31-3)17(23)12-15/h4-9,12H,10-11,13H2,1-3H3,(H,24,27)(H,25,29). The summed E-state index contributed by atoms with van der Waals surface area (Å²) in [6.07, 6.45) is 0.979. The maximum absolute atomic E-state index is 12.9. The number of urea groups is 1. The molecule has 2 aromatic carbocycles. The lowest BCUT2D eigenvalue weighted by Gasteiger charge is -2.21. The monoisotopic (exact) mass is 445 g/mol. The fourth-order valence-electron chi connectivity index (χ4n) is 3.33. The van der Waals surface area contributed by atoms with Crippen LogP contribution in [0.1, 0.15) is 18.9 Å². The molecule has 0 spiro atoms. The molecule has 1 saturated heterocycles. The Morgan fingerprint density at radius 2 is 1.84 bits per heavy atom. The molecule has 8 nitrogen and oxygen atoms in total. The van der Waals surface area contributed by atoms with Gasteiger partial charge in [-0.2, -0.15) is 0 Å². The van der Waals surface area contributed by atoms with Crippen LogP contribution in [-0.4, -0.2) is 49.0 Å². The average Bonchev–Trinajstić information content (AvgIpc) is 2.96. The highest BCUT2D eigenvalue weighted by Gasteiger charge is 2.47. The Hall–Kier alpha value is -3.26. The van der Waals surface area contributed by atoms with Gasteiger partial charge in [0.1, 0.15) is 23.6 Å². The fourth-order valence-corrected chi connectivity index (χ4v) is 3.59. The summed E-state index contributed by atoms with van der Waals surface area (Å²) in [6.45, 7) is 1.27. The van der Waals surface area contributed by atoms with Gasteiger partial charge in [0.2, 0.25) is 5.91 Å². The molecule has 1 unspecified atom stereocenters. The summed E-state index contributed by atoms with van der Waals surface area (Å²) in [5.41, 5.74) is 0.363. The molecule has 2 N–H and O–H groups in total. The molecule has 1 aliphatic rings. The Morgan fingerprint density at radius 3 is 2.45 bits per heavy atom. The van der Waals surface area contributed by atoms with Crippen molar-refractivity contribution in [2.45, 2.75) is 25.3 Å². The Labute approximate surface area is 185 Å². The summed E-state index contributed by atoms with van der Waals surface area (Å²) in [7, 11) is 3.08. The number of amides is 4. The summed E-state index contributed by atoms with van der Waals surface area (Å²) < 4.78 is 10.2. The predicted molar refractivity (Wildman–Crippen MR) is 117 cm³/mol. The van der Waals surface area contributed by atoms with E-state index in [-0.39, 0.29) is 0 Å². The van der Waals surface area contributed by atoms with Gasteiger partial charge in [-0.05, 0) is 55.7 Å². The van der Waals surface area contributed by atoms with Gasteiger partial charge in [-0.1, -0.05) is 23.7 Å². The lowest BCUT2D eigenvalue weighted by atomic mass is 9.93. The topological polar surface area (TPSA) is 97.0 Å². The van der Waals surface area contributed by atoms with Crippen LogP contribution in [0.25, 0.3) is 0 Å². The third kappa shape index (κ3) is 5.08. The number of ether oxygens (including phenoxy) is 2. The zero-order chi connectivity index (χ0) is 22.6. The van der Waals surface area contributed by atoms with Crippen LogP contribution < -0.4 is 20.1 Å². The largest absolute Gasteiger partial charge is 0.497 e. The van der Waals surface area contributed by atoms with E-state index in [0.717, 1.165) is 16.2 Å². The molecule has 1 fully saturated rings. The van der Waals surface area contributed by atoms with Gasteiger partial charge in [-0.3, -0.25) is 14.5 Å². The van der Waals surface area contributed by atoms with Crippen LogP contribution in [0.15, 0.2) is 42.5 Å². The Balaban J connectivity index is 1.60. The molecule has 31 heavy (non-hydrogen) atoms. The SMILES string of the molecule is COc1ccc(CCC2(C)NC(=O)N(CC(=O)Nc3ccc(OC)c(Cl)c3)C2=O)cc1. The highest BCUT2D eigenvalue weighted by atomic mass is 35.5. The van der Waals surface area contributed by atoms with E-state index in [4.69, 9.17) is 21.1 Å². The number of rotatable bonds is 8. The highest BCUT2D eigenvalue weighted by molar-refractivity contribution is 6.32. The molecule has 0 bridgehead atoms. The number of halogens is 1. The quantitative estimate of drug-likeness (QED) is 0.608. The number of aryl methyl sites for hydroxylation is 1. The van der Waals surface area contributed by atoms with Gasteiger partial charge in [0.05, 0.1) is 19.2 Å². The number of carbonyl (C=O) groups excluding carboxylic acids is 3. The van der Waals surface area contributed by atoms with E-state index in [0.29, 0.717) is 29.3 Å². The van der Waals surface area contributed by atoms with Crippen molar-refractivity contribution in [3.8, 4) is 11.5 Å². The van der Waals surface area contributed by atoms with Crippen LogP contribution in [-0.2, 0) is 16.0 Å². The van der Waals surface area contributed by atoms with Crippen molar-refractivity contribution in [3.63, 3.8) is 0 Å². The second-order valence-corrected chi connectivity index (χ2v) is 7.81. The van der Waals surface area contributed by atoms with E-state index in [1.807, 2.05) is 24.3 Å².